The second kappa shape index (κ2) is 7.46. The summed E-state index contributed by atoms with van der Waals surface area (Å²) in [6, 6.07) is 14.4. The Morgan fingerprint density at radius 1 is 1.07 bits per heavy atom. The molecule has 156 valence electrons. The fourth-order valence-corrected chi connectivity index (χ4v) is 5.40. The molecule has 1 saturated heterocycles. The van der Waals surface area contributed by atoms with E-state index in [1.54, 1.807) is 6.07 Å². The van der Waals surface area contributed by atoms with Crippen molar-refractivity contribution in [3.63, 3.8) is 0 Å². The number of amides is 1. The highest BCUT2D eigenvalue weighted by atomic mass is 16.2. The van der Waals surface area contributed by atoms with Gasteiger partial charge in [0.15, 0.2) is 0 Å². The summed E-state index contributed by atoms with van der Waals surface area (Å²) >= 11 is 0. The van der Waals surface area contributed by atoms with E-state index in [4.69, 9.17) is 0 Å². The minimum absolute atomic E-state index is 0.0866. The number of hydrogen-bond donors (Lipinski definition) is 0. The zero-order valence-electron chi connectivity index (χ0n) is 17.8. The standard InChI is InChI=1S/C25H29N3O2/c1-17(2)27-16-19(21-6-3-4-7-23(21)27)10-11-24(29)26-13-18-12-20(15-26)22-8-5-9-25(30)28(22)14-18/h3-9,16-18,20H,10-15H2,1-2H3/t18-,20+/m1/s1. The smallest absolute Gasteiger partial charge is 0.250 e. The molecule has 0 aliphatic carbocycles. The van der Waals surface area contributed by atoms with Gasteiger partial charge >= 0.3 is 0 Å². The summed E-state index contributed by atoms with van der Waals surface area (Å²) in [6.07, 6.45) is 4.60. The summed E-state index contributed by atoms with van der Waals surface area (Å²) in [4.78, 5) is 27.4. The first-order valence-electron chi connectivity index (χ1n) is 11.1. The number of likely N-dealkylation sites (tertiary alicyclic amines) is 1. The number of aryl methyl sites for hydroxylation is 1. The van der Waals surface area contributed by atoms with Crippen molar-refractivity contribution in [1.29, 1.82) is 0 Å². The van der Waals surface area contributed by atoms with Gasteiger partial charge in [-0.05, 0) is 50.3 Å². The molecular weight excluding hydrogens is 374 g/mol. The van der Waals surface area contributed by atoms with E-state index in [1.807, 2.05) is 15.5 Å². The van der Waals surface area contributed by atoms with E-state index in [0.717, 1.165) is 38.2 Å². The highest BCUT2D eigenvalue weighted by Gasteiger charge is 2.36. The van der Waals surface area contributed by atoms with Gasteiger partial charge in [-0.3, -0.25) is 9.59 Å². The maximum absolute atomic E-state index is 13.1. The summed E-state index contributed by atoms with van der Waals surface area (Å²) in [5.74, 6) is 0.888. The van der Waals surface area contributed by atoms with Crippen LogP contribution >= 0.6 is 0 Å². The second-order valence-corrected chi connectivity index (χ2v) is 9.17. The highest BCUT2D eigenvalue weighted by molar-refractivity contribution is 5.85. The lowest BCUT2D eigenvalue weighted by Gasteiger charge is -2.42. The molecule has 2 aliphatic heterocycles. The number of nitrogens with zero attached hydrogens (tertiary/aromatic N) is 3. The van der Waals surface area contributed by atoms with Crippen molar-refractivity contribution in [2.75, 3.05) is 13.1 Å². The molecule has 0 unspecified atom stereocenters. The number of fused-ring (bicyclic) bond motifs is 5. The number of aromatic nitrogens is 2. The van der Waals surface area contributed by atoms with E-state index in [9.17, 15) is 9.59 Å². The van der Waals surface area contributed by atoms with Crippen molar-refractivity contribution >= 4 is 16.8 Å². The highest BCUT2D eigenvalue weighted by Crippen LogP contribution is 2.35. The van der Waals surface area contributed by atoms with Crippen LogP contribution in [0.4, 0.5) is 0 Å². The molecular formula is C25H29N3O2. The molecule has 5 rings (SSSR count). The molecule has 4 heterocycles. The lowest BCUT2D eigenvalue weighted by Crippen LogP contribution is -2.49. The Bertz CT molecular complexity index is 1160. The zero-order chi connectivity index (χ0) is 20.8. The predicted molar refractivity (Wildman–Crippen MR) is 119 cm³/mol. The first-order valence-corrected chi connectivity index (χ1v) is 11.1. The third-order valence-corrected chi connectivity index (χ3v) is 6.82. The van der Waals surface area contributed by atoms with Crippen LogP contribution in [0, 0.1) is 5.92 Å². The molecule has 5 heteroatoms. The summed E-state index contributed by atoms with van der Waals surface area (Å²) in [6.45, 7) is 6.61. The van der Waals surface area contributed by atoms with Gasteiger partial charge in [-0.15, -0.1) is 0 Å². The van der Waals surface area contributed by atoms with E-state index >= 15 is 0 Å². The summed E-state index contributed by atoms with van der Waals surface area (Å²) < 4.78 is 4.22. The van der Waals surface area contributed by atoms with Crippen molar-refractivity contribution < 1.29 is 4.79 Å². The van der Waals surface area contributed by atoms with Crippen LogP contribution in [0.15, 0.2) is 53.5 Å². The number of piperidine rings is 1. The van der Waals surface area contributed by atoms with E-state index in [2.05, 4.69) is 54.9 Å². The average Bonchev–Trinajstić information content (AvgIpc) is 3.12. The average molecular weight is 404 g/mol. The molecule has 0 saturated carbocycles. The van der Waals surface area contributed by atoms with Crippen molar-refractivity contribution in [1.82, 2.24) is 14.0 Å². The van der Waals surface area contributed by atoms with Gasteiger partial charge in [0.1, 0.15) is 0 Å². The number of benzene rings is 1. The van der Waals surface area contributed by atoms with Gasteiger partial charge in [-0.25, -0.2) is 0 Å². The Balaban J connectivity index is 1.32. The third kappa shape index (κ3) is 3.26. The number of pyridine rings is 1. The molecule has 1 fully saturated rings. The minimum Gasteiger partial charge on any atom is -0.345 e. The van der Waals surface area contributed by atoms with E-state index in [1.165, 1.54) is 16.5 Å². The van der Waals surface area contributed by atoms with Crippen LogP contribution in [0.2, 0.25) is 0 Å². The number of carbonyl (C=O) groups is 1. The Labute approximate surface area is 176 Å². The van der Waals surface area contributed by atoms with Crippen LogP contribution in [0.1, 0.15) is 49.9 Å². The Hall–Kier alpha value is -2.82. The van der Waals surface area contributed by atoms with Crippen LogP contribution < -0.4 is 5.56 Å². The molecule has 2 aliphatic rings. The maximum atomic E-state index is 13.1. The number of hydrogen-bond acceptors (Lipinski definition) is 2. The van der Waals surface area contributed by atoms with Gasteiger partial charge in [0.05, 0.1) is 0 Å². The van der Waals surface area contributed by atoms with Gasteiger partial charge in [0.2, 0.25) is 5.91 Å². The van der Waals surface area contributed by atoms with E-state index < -0.39 is 0 Å². The van der Waals surface area contributed by atoms with Gasteiger partial charge in [-0.1, -0.05) is 24.3 Å². The molecule has 2 aromatic heterocycles. The topological polar surface area (TPSA) is 47.2 Å². The van der Waals surface area contributed by atoms with Crippen molar-refractivity contribution in [3.05, 3.63) is 70.3 Å². The monoisotopic (exact) mass is 403 g/mol. The molecule has 2 bridgehead atoms. The molecule has 1 aromatic carbocycles. The largest absolute Gasteiger partial charge is 0.345 e. The number of para-hydroxylation sites is 1. The first-order chi connectivity index (χ1) is 14.5. The van der Waals surface area contributed by atoms with Crippen molar-refractivity contribution in [3.8, 4) is 0 Å². The Morgan fingerprint density at radius 2 is 1.90 bits per heavy atom. The molecule has 5 nitrogen and oxygen atoms in total. The fourth-order valence-electron chi connectivity index (χ4n) is 5.40. The van der Waals surface area contributed by atoms with Gasteiger partial charge in [0.25, 0.3) is 5.56 Å². The van der Waals surface area contributed by atoms with Crippen LogP contribution in [0.25, 0.3) is 10.9 Å². The number of rotatable bonds is 4. The normalized spacial score (nSPS) is 20.6. The number of carbonyl (C=O) groups excluding carboxylic acids is 1. The molecule has 2 atom stereocenters. The first kappa shape index (κ1) is 19.2. The van der Waals surface area contributed by atoms with Gasteiger partial charge < -0.3 is 14.0 Å². The van der Waals surface area contributed by atoms with Gasteiger partial charge in [0, 0.05) is 66.9 Å². The van der Waals surface area contributed by atoms with Crippen LogP contribution in [0.5, 0.6) is 0 Å². The Kier molecular flexibility index (Phi) is 4.76. The van der Waals surface area contributed by atoms with Crippen molar-refractivity contribution in [2.45, 2.75) is 51.6 Å². The molecule has 0 radical (unpaired) electrons. The summed E-state index contributed by atoms with van der Waals surface area (Å²) in [5, 5.41) is 1.25. The maximum Gasteiger partial charge on any atom is 0.250 e. The predicted octanol–water partition coefficient (Wildman–Crippen LogP) is 3.96. The SMILES string of the molecule is CC(C)n1cc(CCC(=O)N2C[C@H]3C[C@@H](C2)c2cccc(=O)n2C3)c2ccccc21. The molecule has 0 N–H and O–H groups in total. The van der Waals surface area contributed by atoms with Gasteiger partial charge in [-0.2, -0.15) is 0 Å². The third-order valence-electron chi connectivity index (χ3n) is 6.82. The molecule has 30 heavy (non-hydrogen) atoms. The quantitative estimate of drug-likeness (QED) is 0.662. The lowest BCUT2D eigenvalue weighted by molar-refractivity contribution is -0.133. The summed E-state index contributed by atoms with van der Waals surface area (Å²) in [5.41, 5.74) is 3.67. The summed E-state index contributed by atoms with van der Waals surface area (Å²) in [7, 11) is 0. The van der Waals surface area contributed by atoms with Crippen LogP contribution in [0.3, 0.4) is 0 Å². The molecule has 3 aromatic rings. The molecule has 0 spiro atoms. The van der Waals surface area contributed by atoms with E-state index in [0.29, 0.717) is 18.4 Å². The fraction of sp³-hybridized carbons (Fsp3) is 0.440. The van der Waals surface area contributed by atoms with Crippen LogP contribution in [-0.4, -0.2) is 33.0 Å². The van der Waals surface area contributed by atoms with E-state index in [-0.39, 0.29) is 17.4 Å². The zero-order valence-corrected chi connectivity index (χ0v) is 17.8. The Morgan fingerprint density at radius 3 is 2.73 bits per heavy atom. The lowest BCUT2D eigenvalue weighted by atomic mass is 9.83. The minimum atomic E-state index is 0.0866. The second-order valence-electron chi connectivity index (χ2n) is 9.17. The molecule has 1 amide bonds. The van der Waals surface area contributed by atoms with Crippen LogP contribution in [-0.2, 0) is 17.8 Å². The van der Waals surface area contributed by atoms with Crippen molar-refractivity contribution in [2.24, 2.45) is 5.92 Å².